The molecule has 0 unspecified atom stereocenters. The maximum atomic E-state index is 2.55. The molecule has 0 amide bonds. The van der Waals surface area contributed by atoms with Crippen LogP contribution in [0, 0.1) is 23.7 Å². The molecule has 5 aliphatic carbocycles. The predicted molar refractivity (Wildman–Crippen MR) is 279 cm³/mol. The molecule has 66 heavy (non-hydrogen) atoms. The average molecular weight is 864 g/mol. The Bertz CT molecular complexity index is 3460. The molecular formula is C64H49NS. The molecule has 0 aliphatic heterocycles. The van der Waals surface area contributed by atoms with Gasteiger partial charge in [-0.3, -0.25) is 0 Å². The summed E-state index contributed by atoms with van der Waals surface area (Å²) < 4.78 is 2.60. The van der Waals surface area contributed by atoms with E-state index in [0.29, 0.717) is 0 Å². The second-order valence-electron chi connectivity index (χ2n) is 19.7. The van der Waals surface area contributed by atoms with E-state index in [1.165, 1.54) is 114 Å². The highest BCUT2D eigenvalue weighted by Gasteiger charge is 2.61. The van der Waals surface area contributed by atoms with Gasteiger partial charge in [-0.1, -0.05) is 152 Å². The molecule has 15 rings (SSSR count). The molecule has 4 fully saturated rings. The van der Waals surface area contributed by atoms with Crippen LogP contribution in [0.3, 0.4) is 0 Å². The fourth-order valence-corrected chi connectivity index (χ4v) is 14.8. The van der Waals surface area contributed by atoms with Gasteiger partial charge in [-0.2, -0.15) is 0 Å². The predicted octanol–water partition coefficient (Wildman–Crippen LogP) is 17.9. The number of rotatable bonds is 7. The van der Waals surface area contributed by atoms with Crippen LogP contribution in [0.4, 0.5) is 17.1 Å². The van der Waals surface area contributed by atoms with Crippen LogP contribution in [-0.2, 0) is 5.41 Å². The number of nitrogens with zero attached hydrogens (tertiary/aromatic N) is 1. The van der Waals surface area contributed by atoms with Gasteiger partial charge in [0.05, 0.1) is 5.69 Å². The molecule has 316 valence electrons. The Balaban J connectivity index is 0.801. The Hall–Kier alpha value is -7.00. The average Bonchev–Trinajstić information content (AvgIpc) is 3.90. The topological polar surface area (TPSA) is 3.24 Å². The highest BCUT2D eigenvalue weighted by Crippen LogP contribution is 2.69. The summed E-state index contributed by atoms with van der Waals surface area (Å²) in [5, 5.41) is 2.59. The van der Waals surface area contributed by atoms with Gasteiger partial charge in [-0.05, 0) is 183 Å². The van der Waals surface area contributed by atoms with Crippen molar-refractivity contribution in [3.05, 3.63) is 223 Å². The normalized spacial score (nSPS) is 21.1. The van der Waals surface area contributed by atoms with Crippen molar-refractivity contribution in [2.75, 3.05) is 4.90 Å². The third-order valence-electron chi connectivity index (χ3n) is 16.3. The highest BCUT2D eigenvalue weighted by atomic mass is 32.1. The Morgan fingerprint density at radius 3 is 1.53 bits per heavy atom. The van der Waals surface area contributed by atoms with E-state index >= 15 is 0 Å². The number of anilines is 3. The molecule has 4 bridgehead atoms. The van der Waals surface area contributed by atoms with E-state index in [0.717, 1.165) is 35.0 Å². The third kappa shape index (κ3) is 5.90. The summed E-state index contributed by atoms with van der Waals surface area (Å²) in [6, 6.07) is 79.7. The Morgan fingerprint density at radius 2 is 0.848 bits per heavy atom. The summed E-state index contributed by atoms with van der Waals surface area (Å²) in [6.07, 6.45) is 7.15. The Labute approximate surface area is 391 Å². The van der Waals surface area contributed by atoms with E-state index < -0.39 is 0 Å². The zero-order chi connectivity index (χ0) is 43.3. The van der Waals surface area contributed by atoms with Crippen LogP contribution in [0.1, 0.15) is 43.2 Å². The van der Waals surface area contributed by atoms with Crippen molar-refractivity contribution in [3.8, 4) is 55.6 Å². The van der Waals surface area contributed by atoms with Crippen molar-refractivity contribution < 1.29 is 0 Å². The van der Waals surface area contributed by atoms with Gasteiger partial charge in [0.2, 0.25) is 0 Å². The highest BCUT2D eigenvalue weighted by molar-refractivity contribution is 7.26. The molecule has 0 N–H and O–H groups in total. The molecule has 2 heteroatoms. The van der Waals surface area contributed by atoms with Gasteiger partial charge in [0.1, 0.15) is 0 Å². The Morgan fingerprint density at radius 1 is 0.364 bits per heavy atom. The summed E-state index contributed by atoms with van der Waals surface area (Å²) in [5.41, 5.74) is 19.8. The van der Waals surface area contributed by atoms with Crippen molar-refractivity contribution >= 4 is 48.6 Å². The molecule has 1 nitrogen and oxygen atoms in total. The number of fused-ring (bicyclic) bond motifs is 6. The van der Waals surface area contributed by atoms with E-state index in [4.69, 9.17) is 0 Å². The van der Waals surface area contributed by atoms with Gasteiger partial charge >= 0.3 is 0 Å². The van der Waals surface area contributed by atoms with Crippen LogP contribution in [-0.4, -0.2) is 0 Å². The monoisotopic (exact) mass is 863 g/mol. The van der Waals surface area contributed by atoms with E-state index in [1.54, 1.807) is 11.1 Å². The lowest BCUT2D eigenvalue weighted by atomic mass is 9.43. The number of thiophene rings is 1. The zero-order valence-electron chi connectivity index (χ0n) is 36.9. The van der Waals surface area contributed by atoms with Gasteiger partial charge in [0, 0.05) is 37.0 Å². The van der Waals surface area contributed by atoms with Crippen molar-refractivity contribution in [1.82, 2.24) is 0 Å². The van der Waals surface area contributed by atoms with Gasteiger partial charge in [-0.15, -0.1) is 11.3 Å². The largest absolute Gasteiger partial charge is 0.310 e. The fourth-order valence-electron chi connectivity index (χ4n) is 13.7. The number of hydrogen-bond acceptors (Lipinski definition) is 2. The van der Waals surface area contributed by atoms with Crippen molar-refractivity contribution in [2.45, 2.75) is 37.5 Å². The van der Waals surface area contributed by atoms with Crippen LogP contribution in [0.5, 0.6) is 0 Å². The molecule has 0 radical (unpaired) electrons. The van der Waals surface area contributed by atoms with Gasteiger partial charge in [0.15, 0.2) is 0 Å². The summed E-state index contributed by atoms with van der Waals surface area (Å²) in [6.45, 7) is 0. The number of benzene rings is 9. The minimum Gasteiger partial charge on any atom is -0.310 e. The smallest absolute Gasteiger partial charge is 0.0554 e. The quantitative estimate of drug-likeness (QED) is 0.154. The molecule has 5 aliphatic rings. The lowest BCUT2D eigenvalue weighted by Crippen LogP contribution is -2.55. The minimum atomic E-state index is 0.206. The van der Waals surface area contributed by atoms with Gasteiger partial charge in [0.25, 0.3) is 0 Å². The third-order valence-corrected chi connectivity index (χ3v) is 17.4. The SMILES string of the molecule is c1ccc(-c2ccc(N(c3ccc(-c4cccc(-c5cccc(-c6ccc7c(c6)-c6ccccc6C76C7CC8CC(C7)CC6C8)c5)c4)cc3)c3cccc4sc5ccccc5c34)cc2)cc1. The van der Waals surface area contributed by atoms with E-state index in [-0.39, 0.29) is 5.41 Å². The van der Waals surface area contributed by atoms with Crippen molar-refractivity contribution in [2.24, 2.45) is 23.7 Å². The molecule has 0 atom stereocenters. The van der Waals surface area contributed by atoms with Crippen LogP contribution >= 0.6 is 11.3 Å². The first-order valence-corrected chi connectivity index (χ1v) is 24.9. The van der Waals surface area contributed by atoms with Crippen LogP contribution in [0.25, 0.3) is 75.8 Å². The molecule has 10 aromatic rings. The van der Waals surface area contributed by atoms with Crippen LogP contribution < -0.4 is 4.90 Å². The molecule has 0 saturated heterocycles. The van der Waals surface area contributed by atoms with E-state index in [9.17, 15) is 0 Å². The molecule has 1 spiro atoms. The van der Waals surface area contributed by atoms with Crippen LogP contribution in [0.15, 0.2) is 212 Å². The zero-order valence-corrected chi connectivity index (χ0v) is 37.7. The standard InChI is InChI=1S/C64H49NS/c1-2-11-43(12-3-1)44-23-28-53(29-24-44)65(60-20-10-22-62-63(60)56-18-5-7-21-61(56)66-62)54-30-25-45(26-31-54)46-13-8-14-47(38-46)48-15-9-16-49(39-48)50-27-32-59-57(40-50)55-17-4-6-19-58(55)64(59)51-34-41-33-42(36-51)37-52(64)35-41/h1-32,38-42,51-52H,33-37H2. The van der Waals surface area contributed by atoms with Crippen LogP contribution in [0.2, 0.25) is 0 Å². The van der Waals surface area contributed by atoms with Gasteiger partial charge in [-0.25, -0.2) is 0 Å². The minimum absolute atomic E-state index is 0.206. The summed E-state index contributed by atoms with van der Waals surface area (Å²) in [4.78, 5) is 2.43. The second-order valence-corrected chi connectivity index (χ2v) is 20.8. The van der Waals surface area contributed by atoms with Crippen molar-refractivity contribution in [3.63, 3.8) is 0 Å². The first-order chi connectivity index (χ1) is 32.7. The molecular weight excluding hydrogens is 815 g/mol. The lowest BCUT2D eigenvalue weighted by Gasteiger charge is -2.61. The molecule has 4 saturated carbocycles. The summed E-state index contributed by atoms with van der Waals surface area (Å²) >= 11 is 1.87. The lowest BCUT2D eigenvalue weighted by molar-refractivity contribution is -0.0399. The summed E-state index contributed by atoms with van der Waals surface area (Å²) in [5.74, 6) is 3.47. The molecule has 1 heterocycles. The number of hydrogen-bond donors (Lipinski definition) is 0. The maximum absolute atomic E-state index is 2.55. The van der Waals surface area contributed by atoms with Crippen molar-refractivity contribution in [1.29, 1.82) is 0 Å². The Kier molecular flexibility index (Phi) is 8.71. The van der Waals surface area contributed by atoms with E-state index in [1.807, 2.05) is 11.3 Å². The first-order valence-electron chi connectivity index (χ1n) is 24.1. The van der Waals surface area contributed by atoms with Gasteiger partial charge < -0.3 is 4.90 Å². The maximum Gasteiger partial charge on any atom is 0.0554 e. The molecule has 9 aromatic carbocycles. The second kappa shape index (κ2) is 15.0. The molecule has 1 aromatic heterocycles. The first kappa shape index (κ1) is 38.3. The fraction of sp³-hybridized carbons (Fsp3) is 0.156. The van der Waals surface area contributed by atoms with E-state index in [2.05, 4.69) is 217 Å². The summed E-state index contributed by atoms with van der Waals surface area (Å²) in [7, 11) is 0.